The largest absolute Gasteiger partial charge is 0.484 e. The Bertz CT molecular complexity index is 822. The number of rotatable bonds is 9. The zero-order valence-corrected chi connectivity index (χ0v) is 16.3. The Morgan fingerprint density at radius 3 is 2.14 bits per heavy atom. The minimum atomic E-state index is -0.0956. The average Bonchev–Trinajstić information content (AvgIpc) is 2.76. The summed E-state index contributed by atoms with van der Waals surface area (Å²) in [5, 5.41) is 2.99. The van der Waals surface area contributed by atoms with E-state index in [2.05, 4.69) is 66.8 Å². The van der Waals surface area contributed by atoms with Crippen LogP contribution in [-0.2, 0) is 11.2 Å². The van der Waals surface area contributed by atoms with Crippen LogP contribution >= 0.6 is 0 Å². The number of amides is 1. The number of benzene rings is 3. The molecule has 0 aliphatic heterocycles. The minimum absolute atomic E-state index is 0.0362. The lowest BCUT2D eigenvalue weighted by Crippen LogP contribution is -2.30. The van der Waals surface area contributed by atoms with Crippen LogP contribution in [0.3, 0.4) is 0 Å². The molecule has 144 valence electrons. The molecular weight excluding hydrogens is 346 g/mol. The van der Waals surface area contributed by atoms with Crippen molar-refractivity contribution in [3.8, 4) is 5.75 Å². The fourth-order valence-corrected chi connectivity index (χ4v) is 3.31. The van der Waals surface area contributed by atoms with Crippen LogP contribution in [-0.4, -0.2) is 19.1 Å². The Labute approximate surface area is 167 Å². The maximum atomic E-state index is 12.2. The van der Waals surface area contributed by atoms with Gasteiger partial charge >= 0.3 is 0 Å². The molecule has 0 aliphatic carbocycles. The number of ether oxygens (including phenoxy) is 1. The molecule has 1 N–H and O–H groups in total. The van der Waals surface area contributed by atoms with Crippen LogP contribution in [0.1, 0.15) is 36.0 Å². The van der Waals surface area contributed by atoms with Gasteiger partial charge in [-0.25, -0.2) is 0 Å². The molecule has 3 nitrogen and oxygen atoms in total. The van der Waals surface area contributed by atoms with Crippen LogP contribution in [0.25, 0.3) is 0 Å². The fourth-order valence-electron chi connectivity index (χ4n) is 3.31. The van der Waals surface area contributed by atoms with Crippen LogP contribution in [0.2, 0.25) is 0 Å². The smallest absolute Gasteiger partial charge is 0.257 e. The van der Waals surface area contributed by atoms with E-state index in [-0.39, 0.29) is 18.4 Å². The Morgan fingerprint density at radius 2 is 1.54 bits per heavy atom. The summed E-state index contributed by atoms with van der Waals surface area (Å²) in [7, 11) is 0. The van der Waals surface area contributed by atoms with Crippen LogP contribution in [0.15, 0.2) is 84.9 Å². The standard InChI is InChI=1S/C25H27NO2/c1-2-20-10-9-15-23(18-20)28-19-25(27)26-17-16-24(21-11-5-3-6-12-21)22-13-7-4-8-14-22/h3-15,18,24H,2,16-17,19H2,1H3,(H,26,27). The second kappa shape index (κ2) is 10.3. The fraction of sp³-hybridized carbons (Fsp3) is 0.240. The molecule has 3 aromatic carbocycles. The molecule has 3 rings (SSSR count). The molecule has 0 unspecified atom stereocenters. The van der Waals surface area contributed by atoms with Gasteiger partial charge in [-0.1, -0.05) is 79.7 Å². The van der Waals surface area contributed by atoms with Crippen LogP contribution < -0.4 is 10.1 Å². The van der Waals surface area contributed by atoms with Crippen molar-refractivity contribution in [2.45, 2.75) is 25.7 Å². The Morgan fingerprint density at radius 1 is 0.893 bits per heavy atom. The van der Waals surface area contributed by atoms with Crippen LogP contribution in [0.5, 0.6) is 5.75 Å². The van der Waals surface area contributed by atoms with E-state index in [1.54, 1.807) is 0 Å². The molecule has 3 heteroatoms. The summed E-state index contributed by atoms with van der Waals surface area (Å²) in [6, 6.07) is 28.7. The Balaban J connectivity index is 1.53. The molecule has 0 atom stereocenters. The van der Waals surface area contributed by atoms with E-state index in [1.165, 1.54) is 16.7 Å². The molecule has 0 fully saturated rings. The molecule has 0 saturated heterocycles. The lowest BCUT2D eigenvalue weighted by molar-refractivity contribution is -0.123. The summed E-state index contributed by atoms with van der Waals surface area (Å²) in [6.45, 7) is 2.74. The molecule has 1 amide bonds. The quantitative estimate of drug-likeness (QED) is 0.575. The summed E-state index contributed by atoms with van der Waals surface area (Å²) < 4.78 is 5.63. The van der Waals surface area contributed by atoms with Gasteiger partial charge in [0.05, 0.1) is 0 Å². The van der Waals surface area contributed by atoms with E-state index in [4.69, 9.17) is 4.74 Å². The van der Waals surface area contributed by atoms with Crippen molar-refractivity contribution in [2.24, 2.45) is 0 Å². The maximum Gasteiger partial charge on any atom is 0.257 e. The summed E-state index contributed by atoms with van der Waals surface area (Å²) in [5.74, 6) is 0.896. The monoisotopic (exact) mass is 373 g/mol. The van der Waals surface area contributed by atoms with Crippen molar-refractivity contribution >= 4 is 5.91 Å². The highest BCUT2D eigenvalue weighted by Gasteiger charge is 2.14. The lowest BCUT2D eigenvalue weighted by Gasteiger charge is -2.18. The summed E-state index contributed by atoms with van der Waals surface area (Å²) in [6.07, 6.45) is 1.79. The van der Waals surface area contributed by atoms with Gasteiger partial charge in [-0.2, -0.15) is 0 Å². The Hall–Kier alpha value is -3.07. The zero-order valence-electron chi connectivity index (χ0n) is 16.3. The van der Waals surface area contributed by atoms with E-state index in [1.807, 2.05) is 30.3 Å². The van der Waals surface area contributed by atoms with Crippen molar-refractivity contribution in [1.29, 1.82) is 0 Å². The first-order valence-electron chi connectivity index (χ1n) is 9.84. The first-order valence-corrected chi connectivity index (χ1v) is 9.84. The van der Waals surface area contributed by atoms with Crippen LogP contribution in [0.4, 0.5) is 0 Å². The van der Waals surface area contributed by atoms with Crippen molar-refractivity contribution in [1.82, 2.24) is 5.32 Å². The highest BCUT2D eigenvalue weighted by Crippen LogP contribution is 2.27. The topological polar surface area (TPSA) is 38.3 Å². The van der Waals surface area contributed by atoms with Gasteiger partial charge in [-0.3, -0.25) is 4.79 Å². The van der Waals surface area contributed by atoms with Gasteiger partial charge in [0.25, 0.3) is 5.91 Å². The van der Waals surface area contributed by atoms with E-state index < -0.39 is 0 Å². The third kappa shape index (κ3) is 5.71. The van der Waals surface area contributed by atoms with Gasteiger partial charge < -0.3 is 10.1 Å². The van der Waals surface area contributed by atoms with Gasteiger partial charge in [0.15, 0.2) is 6.61 Å². The maximum absolute atomic E-state index is 12.2. The highest BCUT2D eigenvalue weighted by molar-refractivity contribution is 5.77. The molecule has 0 aliphatic rings. The number of aryl methyl sites for hydroxylation is 1. The molecule has 0 radical (unpaired) electrons. The van der Waals surface area contributed by atoms with E-state index >= 15 is 0 Å². The lowest BCUT2D eigenvalue weighted by atomic mass is 9.88. The number of nitrogens with one attached hydrogen (secondary N) is 1. The normalized spacial score (nSPS) is 10.6. The van der Waals surface area contributed by atoms with Gasteiger partial charge in [0.1, 0.15) is 5.75 Å². The number of carbonyl (C=O) groups is 1. The first kappa shape index (κ1) is 19.7. The molecule has 28 heavy (non-hydrogen) atoms. The summed E-state index contributed by atoms with van der Waals surface area (Å²) in [4.78, 5) is 12.2. The van der Waals surface area contributed by atoms with Crippen molar-refractivity contribution < 1.29 is 9.53 Å². The second-order valence-corrected chi connectivity index (χ2v) is 6.80. The SMILES string of the molecule is CCc1cccc(OCC(=O)NCCC(c2ccccc2)c2ccccc2)c1. The van der Waals surface area contributed by atoms with Gasteiger partial charge in [0.2, 0.25) is 0 Å². The number of hydrogen-bond acceptors (Lipinski definition) is 2. The predicted octanol–water partition coefficient (Wildman–Crippen LogP) is 4.97. The van der Waals surface area contributed by atoms with E-state index in [0.29, 0.717) is 6.54 Å². The number of carbonyl (C=O) groups excluding carboxylic acids is 1. The number of hydrogen-bond donors (Lipinski definition) is 1. The van der Waals surface area contributed by atoms with E-state index in [9.17, 15) is 4.79 Å². The van der Waals surface area contributed by atoms with E-state index in [0.717, 1.165) is 18.6 Å². The average molecular weight is 373 g/mol. The zero-order chi connectivity index (χ0) is 19.6. The molecule has 3 aromatic rings. The molecule has 0 spiro atoms. The molecule has 0 bridgehead atoms. The van der Waals surface area contributed by atoms with Crippen molar-refractivity contribution in [2.75, 3.05) is 13.2 Å². The van der Waals surface area contributed by atoms with Crippen molar-refractivity contribution in [3.63, 3.8) is 0 Å². The third-order valence-electron chi connectivity index (χ3n) is 4.84. The first-order chi connectivity index (χ1) is 13.8. The molecular formula is C25H27NO2. The van der Waals surface area contributed by atoms with Gasteiger partial charge in [0, 0.05) is 12.5 Å². The van der Waals surface area contributed by atoms with Gasteiger partial charge in [-0.05, 0) is 41.7 Å². The predicted molar refractivity (Wildman–Crippen MR) is 114 cm³/mol. The summed E-state index contributed by atoms with van der Waals surface area (Å²) in [5.41, 5.74) is 3.72. The second-order valence-electron chi connectivity index (χ2n) is 6.80. The molecule has 0 aromatic heterocycles. The molecule has 0 saturated carbocycles. The van der Waals surface area contributed by atoms with Crippen molar-refractivity contribution in [3.05, 3.63) is 102 Å². The summed E-state index contributed by atoms with van der Waals surface area (Å²) >= 11 is 0. The van der Waals surface area contributed by atoms with Gasteiger partial charge in [-0.15, -0.1) is 0 Å². The Kier molecular flexibility index (Phi) is 7.25. The highest BCUT2D eigenvalue weighted by atomic mass is 16.5. The van der Waals surface area contributed by atoms with Crippen LogP contribution in [0, 0.1) is 0 Å². The minimum Gasteiger partial charge on any atom is -0.484 e. The molecule has 0 heterocycles. The third-order valence-corrected chi connectivity index (χ3v) is 4.84.